The Morgan fingerprint density at radius 3 is 1.11 bits per heavy atom. The Labute approximate surface area is 570 Å². The van der Waals surface area contributed by atoms with Crippen LogP contribution in [0.25, 0.3) is 44.4 Å². The van der Waals surface area contributed by atoms with Gasteiger partial charge in [0.05, 0.1) is 101 Å². The number of ether oxygens (including phenoxy) is 2. The molecule has 30 heteroatoms. The van der Waals surface area contributed by atoms with Gasteiger partial charge in [0.1, 0.15) is 0 Å². The van der Waals surface area contributed by atoms with E-state index in [0.29, 0.717) is 38.5 Å². The van der Waals surface area contributed by atoms with Crippen LogP contribution in [0, 0.1) is 13.8 Å². The molecule has 0 aromatic carbocycles. The SMILES string of the molecule is CCOC(=O)CN(CCN(CCN(CC(=O)O)CC(=O)NCCCCC1=C(C)c2cc3[nH]c(cc4nc(cc5[nH]c(cc1n2)c(CCCCNC(=O)CN(CCN(CCN(CC(=O)O)CC(=O)OCC)CC(=O)O)CC(=O)O)c5C)C(CC)=C4C)c(CC)c3C)CC(=O)O)CC(=O)O. The van der Waals surface area contributed by atoms with E-state index in [-0.39, 0.29) is 105 Å². The van der Waals surface area contributed by atoms with Crippen molar-refractivity contribution < 1.29 is 88.1 Å². The quantitative estimate of drug-likeness (QED) is 0.0283. The summed E-state index contributed by atoms with van der Waals surface area (Å²) >= 11 is 0. The summed E-state index contributed by atoms with van der Waals surface area (Å²) in [6.07, 6.45) is 5.05. The summed E-state index contributed by atoms with van der Waals surface area (Å²) in [5.74, 6) is -9.31. The number of carbonyl (C=O) groups is 10. The van der Waals surface area contributed by atoms with Gasteiger partial charge in [0.25, 0.3) is 0 Å². The van der Waals surface area contributed by atoms with Crippen molar-refractivity contribution in [3.63, 3.8) is 0 Å². The maximum absolute atomic E-state index is 13.4. The third-order valence-electron chi connectivity index (χ3n) is 17.0. The molecule has 2 amide bonds. The fourth-order valence-corrected chi connectivity index (χ4v) is 12.0. The highest BCUT2D eigenvalue weighted by atomic mass is 16.5. The lowest BCUT2D eigenvalue weighted by Gasteiger charge is -2.27. The summed E-state index contributed by atoms with van der Waals surface area (Å²) in [5.41, 5.74) is 15.3. The molecule has 3 aromatic heterocycles. The Hall–Kier alpha value is -8.94. The molecule has 8 bridgehead atoms. The smallest absolute Gasteiger partial charge is 0.320 e. The van der Waals surface area contributed by atoms with E-state index in [1.807, 2.05) is 6.92 Å². The van der Waals surface area contributed by atoms with E-state index in [1.165, 1.54) is 35.0 Å². The van der Waals surface area contributed by atoms with Crippen LogP contribution in [0.1, 0.15) is 125 Å². The molecule has 0 saturated heterocycles. The third-order valence-corrected chi connectivity index (χ3v) is 17.0. The molecule has 0 atom stereocenters. The second-order valence-electron chi connectivity index (χ2n) is 24.3. The zero-order valence-corrected chi connectivity index (χ0v) is 57.7. The van der Waals surface area contributed by atoms with Crippen molar-refractivity contribution in [1.82, 2.24) is 60.0 Å². The number of carboxylic acid groups (broad SMARTS) is 6. The van der Waals surface area contributed by atoms with Crippen LogP contribution in [0.5, 0.6) is 0 Å². The van der Waals surface area contributed by atoms with E-state index in [2.05, 4.69) is 79.5 Å². The highest BCUT2D eigenvalue weighted by molar-refractivity contribution is 5.95. The van der Waals surface area contributed by atoms with E-state index in [1.54, 1.807) is 13.8 Å². The molecule has 2 aliphatic heterocycles. The van der Waals surface area contributed by atoms with Gasteiger partial charge in [-0.3, -0.25) is 77.3 Å². The van der Waals surface area contributed by atoms with Crippen LogP contribution in [0.15, 0.2) is 24.3 Å². The van der Waals surface area contributed by atoms with Gasteiger partial charge in [0, 0.05) is 87.5 Å². The van der Waals surface area contributed by atoms with Crippen molar-refractivity contribution in [2.24, 2.45) is 0 Å². The molecule has 0 aliphatic carbocycles. The van der Waals surface area contributed by atoms with Gasteiger partial charge in [0.2, 0.25) is 11.8 Å². The number of nitrogens with zero attached hydrogens (tertiary/aromatic N) is 8. The predicted octanol–water partition coefficient (Wildman–Crippen LogP) is 3.94. The van der Waals surface area contributed by atoms with Crippen LogP contribution in [0.2, 0.25) is 0 Å². The average molecular weight is 1370 g/mol. The molecule has 2 aliphatic rings. The zero-order chi connectivity index (χ0) is 72.2. The number of aromatic amines is 2. The molecule has 538 valence electrons. The number of allylic oxidation sites excluding steroid dienone is 4. The molecule has 5 rings (SSSR count). The number of hydrogen-bond donors (Lipinski definition) is 10. The first-order chi connectivity index (χ1) is 46.6. The van der Waals surface area contributed by atoms with Crippen LogP contribution in [0.3, 0.4) is 0 Å². The van der Waals surface area contributed by atoms with Gasteiger partial charge >= 0.3 is 47.8 Å². The number of carbonyl (C=O) groups excluding carboxylic acids is 4. The first kappa shape index (κ1) is 79.7. The molecule has 0 fully saturated rings. The van der Waals surface area contributed by atoms with E-state index in [0.717, 1.165) is 96.7 Å². The Bertz CT molecular complexity index is 3580. The maximum Gasteiger partial charge on any atom is 0.320 e. The summed E-state index contributed by atoms with van der Waals surface area (Å²) in [4.78, 5) is 148. The largest absolute Gasteiger partial charge is 0.480 e. The minimum Gasteiger partial charge on any atom is -0.480 e. The number of aromatic nitrogens is 4. The van der Waals surface area contributed by atoms with E-state index in [4.69, 9.17) is 19.4 Å². The Balaban J connectivity index is 1.34. The molecule has 0 unspecified atom stereocenters. The molecular formula is C68H98N12O18. The van der Waals surface area contributed by atoms with Gasteiger partial charge in [-0.05, 0) is 162 Å². The normalized spacial score (nSPS) is 12.4. The number of aliphatic carboxylic acids is 6. The molecule has 0 radical (unpaired) electrons. The molecule has 3 aromatic rings. The Morgan fingerprint density at radius 1 is 0.388 bits per heavy atom. The molecule has 30 nitrogen and oxygen atoms in total. The van der Waals surface area contributed by atoms with Crippen LogP contribution in [-0.4, -0.2) is 284 Å². The summed E-state index contributed by atoms with van der Waals surface area (Å²) in [6.45, 7) is 12.3. The van der Waals surface area contributed by atoms with Gasteiger partial charge in [-0.2, -0.15) is 0 Å². The van der Waals surface area contributed by atoms with Crippen LogP contribution in [-0.2, 0) is 70.3 Å². The summed E-state index contributed by atoms with van der Waals surface area (Å²) in [5, 5.41) is 63.5. The first-order valence-electron chi connectivity index (χ1n) is 33.2. The number of hydrogen-bond acceptors (Lipinski definition) is 20. The van der Waals surface area contributed by atoms with E-state index < -0.39 is 98.8 Å². The molecule has 10 N–H and O–H groups in total. The van der Waals surface area contributed by atoms with Crippen molar-refractivity contribution in [1.29, 1.82) is 0 Å². The number of amides is 2. The number of unbranched alkanes of at least 4 members (excludes halogenated alkanes) is 2. The number of carboxylic acids is 6. The Morgan fingerprint density at radius 2 is 0.714 bits per heavy atom. The van der Waals surface area contributed by atoms with Gasteiger partial charge in [-0.25, -0.2) is 9.97 Å². The molecule has 5 heterocycles. The zero-order valence-electron chi connectivity index (χ0n) is 57.7. The van der Waals surface area contributed by atoms with Crippen LogP contribution >= 0.6 is 0 Å². The van der Waals surface area contributed by atoms with Gasteiger partial charge < -0.3 is 60.7 Å². The number of fused-ring (bicyclic) bond motifs is 8. The lowest BCUT2D eigenvalue weighted by atomic mass is 9.99. The van der Waals surface area contributed by atoms with Crippen molar-refractivity contribution in [2.75, 3.05) is 144 Å². The van der Waals surface area contributed by atoms with Gasteiger partial charge in [0.15, 0.2) is 0 Å². The standard InChI is InChI=1S/C68H98N12O18/c1-9-47-43(5)51-29-52-45(7)49(17-13-15-19-69-59(81)33-77(37-63(87)88)25-21-75(35-61(83)84)23-27-79(39-65(91)92)41-67(95)97-11-3)57(73-52)32-58-50(46(8)54(74-58)31-56-48(10-2)44(6)53(72-56)30-55(47)71-51)18-14-16-20-70-60(82)34-78(38-64(89)90)26-22-76(36-62(85)86)24-28-80(40-66(93)94)42-68(96)98-12-4/h29-32,71,74H,9-28,33-42H2,1-8H3,(H,69,81)(H,70,82)(H,83,84)(H,85,86)(H,87,88)(H,89,90)(H,91,92)(H,93,94). The highest BCUT2D eigenvalue weighted by Crippen LogP contribution is 2.37. The topological polar surface area (TPSA) is 411 Å². The highest BCUT2D eigenvalue weighted by Gasteiger charge is 2.25. The third kappa shape index (κ3) is 26.1. The summed E-state index contributed by atoms with van der Waals surface area (Å²) in [7, 11) is 0. The summed E-state index contributed by atoms with van der Waals surface area (Å²) in [6, 6.07) is 8.35. The van der Waals surface area contributed by atoms with E-state index >= 15 is 0 Å². The van der Waals surface area contributed by atoms with Gasteiger partial charge in [-0.15, -0.1) is 0 Å². The molecule has 0 spiro atoms. The molecular weight excluding hydrogens is 1270 g/mol. The van der Waals surface area contributed by atoms with E-state index in [9.17, 15) is 78.6 Å². The second-order valence-corrected chi connectivity index (χ2v) is 24.3. The number of nitrogens with one attached hydrogen (secondary N) is 4. The summed E-state index contributed by atoms with van der Waals surface area (Å²) < 4.78 is 9.92. The van der Waals surface area contributed by atoms with Crippen molar-refractivity contribution in [2.45, 2.75) is 107 Å². The average Bonchev–Trinajstić information content (AvgIpc) is 1.63. The lowest BCUT2D eigenvalue weighted by Crippen LogP contribution is -2.46. The van der Waals surface area contributed by atoms with Gasteiger partial charge in [-0.1, -0.05) is 13.8 Å². The van der Waals surface area contributed by atoms with Crippen LogP contribution in [0.4, 0.5) is 0 Å². The van der Waals surface area contributed by atoms with Crippen molar-refractivity contribution in [3.05, 3.63) is 69.3 Å². The minimum absolute atomic E-state index is 0.00485. The second kappa shape index (κ2) is 40.1. The first-order valence-corrected chi connectivity index (χ1v) is 33.2. The monoisotopic (exact) mass is 1370 g/mol. The lowest BCUT2D eigenvalue weighted by molar-refractivity contribution is -0.148. The van der Waals surface area contributed by atoms with Crippen molar-refractivity contribution in [3.8, 4) is 0 Å². The fourth-order valence-electron chi connectivity index (χ4n) is 12.0. The number of H-pyrrole nitrogens is 2. The van der Waals surface area contributed by atoms with Crippen LogP contribution < -0.4 is 10.6 Å². The van der Waals surface area contributed by atoms with Crippen molar-refractivity contribution >= 4 is 104 Å². The fraction of sp³-hybridized carbons (Fsp3) is 0.559. The Kier molecular flexibility index (Phi) is 32.6. The maximum atomic E-state index is 13.4. The number of esters is 2. The molecule has 0 saturated carbocycles. The number of rotatable bonds is 46. The predicted molar refractivity (Wildman–Crippen MR) is 366 cm³/mol. The minimum atomic E-state index is -1.20. The molecule has 98 heavy (non-hydrogen) atoms. The number of aryl methyl sites for hydroxylation is 4.